The molecular weight excluding hydrogens is 338 g/mol. The van der Waals surface area contributed by atoms with E-state index in [-0.39, 0.29) is 5.91 Å². The van der Waals surface area contributed by atoms with Gasteiger partial charge in [0.25, 0.3) is 5.91 Å². The number of nitrogens with one attached hydrogen (secondary N) is 1. The van der Waals surface area contributed by atoms with Crippen molar-refractivity contribution in [1.82, 2.24) is 14.9 Å². The van der Waals surface area contributed by atoms with Crippen molar-refractivity contribution < 1.29 is 14.6 Å². The van der Waals surface area contributed by atoms with Crippen LogP contribution in [-0.2, 0) is 17.8 Å². The predicted octanol–water partition coefficient (Wildman–Crippen LogP) is 2.08. The second-order valence-corrected chi connectivity index (χ2v) is 7.04. The van der Waals surface area contributed by atoms with Gasteiger partial charge in [0, 0.05) is 18.5 Å². The number of imidazole rings is 1. The average Bonchev–Trinajstić information content (AvgIpc) is 3.08. The van der Waals surface area contributed by atoms with Crippen LogP contribution in [0.2, 0.25) is 0 Å². The molecule has 1 aromatic carbocycles. The number of methoxy groups -OCH3 is 1. The van der Waals surface area contributed by atoms with Crippen LogP contribution in [0.5, 0.6) is 5.75 Å². The number of aliphatic hydroxyl groups is 1. The number of ether oxygens (including phenoxy) is 1. The third-order valence-corrected chi connectivity index (χ3v) is 5.01. The zero-order chi connectivity index (χ0) is 17.8. The van der Waals surface area contributed by atoms with E-state index in [9.17, 15) is 9.90 Å². The number of aromatic amines is 1. The van der Waals surface area contributed by atoms with Crippen LogP contribution in [0.1, 0.15) is 17.8 Å². The lowest BCUT2D eigenvalue weighted by Crippen LogP contribution is -2.42. The number of amides is 1. The second kappa shape index (κ2) is 7.93. The molecule has 134 valence electrons. The summed E-state index contributed by atoms with van der Waals surface area (Å²) in [5.74, 6) is 2.13. The van der Waals surface area contributed by atoms with E-state index in [0.717, 1.165) is 34.3 Å². The van der Waals surface area contributed by atoms with Gasteiger partial charge < -0.3 is 19.7 Å². The Labute approximate surface area is 151 Å². The molecule has 6 nitrogen and oxygen atoms in total. The maximum absolute atomic E-state index is 12.4. The van der Waals surface area contributed by atoms with E-state index in [0.29, 0.717) is 25.9 Å². The molecule has 0 saturated heterocycles. The third-order valence-electron chi connectivity index (χ3n) is 4.37. The topological polar surface area (TPSA) is 78.5 Å². The molecule has 7 heteroatoms. The van der Waals surface area contributed by atoms with Crippen molar-refractivity contribution in [2.24, 2.45) is 0 Å². The number of hydrogen-bond acceptors (Lipinski definition) is 5. The van der Waals surface area contributed by atoms with Gasteiger partial charge in [0.1, 0.15) is 17.7 Å². The van der Waals surface area contributed by atoms with E-state index in [1.165, 1.54) is 0 Å². The number of carbonyl (C=O) groups is 1. The van der Waals surface area contributed by atoms with Crippen LogP contribution >= 0.6 is 11.8 Å². The summed E-state index contributed by atoms with van der Waals surface area (Å²) in [5.41, 5.74) is 2.88. The third kappa shape index (κ3) is 3.99. The molecule has 0 bridgehead atoms. The number of fused-ring (bicyclic) bond motifs is 1. The van der Waals surface area contributed by atoms with E-state index >= 15 is 0 Å². The number of thioether (sulfide) groups is 1. The first-order valence-corrected chi connectivity index (χ1v) is 9.69. The minimum atomic E-state index is -0.922. The van der Waals surface area contributed by atoms with Crippen molar-refractivity contribution in [1.29, 1.82) is 0 Å². The summed E-state index contributed by atoms with van der Waals surface area (Å²) in [5, 5.41) is 10.0. The van der Waals surface area contributed by atoms with Gasteiger partial charge in [-0.1, -0.05) is 12.1 Å². The van der Waals surface area contributed by atoms with Crippen LogP contribution in [0.15, 0.2) is 24.3 Å². The molecule has 1 aromatic heterocycles. The van der Waals surface area contributed by atoms with Crippen molar-refractivity contribution in [3.05, 3.63) is 35.7 Å². The lowest BCUT2D eigenvalue weighted by molar-refractivity contribution is -0.141. The molecule has 0 saturated carbocycles. The smallest absolute Gasteiger partial charge is 0.251 e. The van der Waals surface area contributed by atoms with Gasteiger partial charge in [-0.2, -0.15) is 11.8 Å². The van der Waals surface area contributed by atoms with Gasteiger partial charge in [0.15, 0.2) is 0 Å². The average molecular weight is 361 g/mol. The molecule has 0 fully saturated rings. The Morgan fingerprint density at radius 1 is 1.52 bits per heavy atom. The molecule has 2 heterocycles. The van der Waals surface area contributed by atoms with Crippen molar-refractivity contribution in [3.63, 3.8) is 0 Å². The molecular formula is C18H23N3O3S. The minimum absolute atomic E-state index is 0.197. The fourth-order valence-electron chi connectivity index (χ4n) is 2.95. The van der Waals surface area contributed by atoms with Crippen molar-refractivity contribution >= 4 is 17.7 Å². The molecule has 0 spiro atoms. The number of H-pyrrole nitrogens is 1. The van der Waals surface area contributed by atoms with Crippen molar-refractivity contribution in [2.75, 3.05) is 25.7 Å². The summed E-state index contributed by atoms with van der Waals surface area (Å²) >= 11 is 1.63. The Kier molecular flexibility index (Phi) is 5.65. The fourth-order valence-corrected chi connectivity index (χ4v) is 3.41. The Morgan fingerprint density at radius 2 is 2.36 bits per heavy atom. The largest absolute Gasteiger partial charge is 0.497 e. The Balaban J connectivity index is 1.74. The molecule has 0 aliphatic carbocycles. The molecule has 0 unspecified atom stereocenters. The van der Waals surface area contributed by atoms with Crippen LogP contribution < -0.4 is 4.74 Å². The van der Waals surface area contributed by atoms with Crippen LogP contribution in [0.3, 0.4) is 0 Å². The summed E-state index contributed by atoms with van der Waals surface area (Å²) in [6, 6.07) is 7.72. The Morgan fingerprint density at radius 3 is 3.12 bits per heavy atom. The van der Waals surface area contributed by atoms with Crippen LogP contribution in [0.25, 0.3) is 11.4 Å². The molecule has 2 aromatic rings. The SMILES string of the molecule is COc1cccc(-c2nc3c([nH]2)CN(C(=O)[C@H](O)CCSC)CC3)c1. The van der Waals surface area contributed by atoms with Gasteiger partial charge >= 0.3 is 0 Å². The highest BCUT2D eigenvalue weighted by molar-refractivity contribution is 7.98. The summed E-state index contributed by atoms with van der Waals surface area (Å²) in [6.07, 6.45) is 2.22. The highest BCUT2D eigenvalue weighted by atomic mass is 32.2. The van der Waals surface area contributed by atoms with Crippen molar-refractivity contribution in [2.45, 2.75) is 25.5 Å². The van der Waals surface area contributed by atoms with E-state index in [1.54, 1.807) is 23.8 Å². The quantitative estimate of drug-likeness (QED) is 0.824. The zero-order valence-corrected chi connectivity index (χ0v) is 15.3. The number of carbonyl (C=O) groups excluding carboxylic acids is 1. The van der Waals surface area contributed by atoms with E-state index in [4.69, 9.17) is 4.74 Å². The molecule has 1 aliphatic rings. The van der Waals surface area contributed by atoms with Gasteiger partial charge in [-0.15, -0.1) is 0 Å². The number of aliphatic hydroxyl groups excluding tert-OH is 1. The maximum Gasteiger partial charge on any atom is 0.251 e. The first kappa shape index (κ1) is 17.8. The summed E-state index contributed by atoms with van der Waals surface area (Å²) in [6.45, 7) is 1.05. The lowest BCUT2D eigenvalue weighted by atomic mass is 10.1. The van der Waals surface area contributed by atoms with Gasteiger partial charge in [-0.25, -0.2) is 4.98 Å². The molecule has 1 atom stereocenters. The first-order chi connectivity index (χ1) is 12.1. The Bertz CT molecular complexity index is 747. The normalized spacial score (nSPS) is 14.9. The van der Waals surface area contributed by atoms with E-state index in [2.05, 4.69) is 9.97 Å². The molecule has 2 N–H and O–H groups in total. The molecule has 1 amide bonds. The monoisotopic (exact) mass is 361 g/mol. The standard InChI is InChI=1S/C18H23N3O3S/c1-24-13-5-3-4-12(10-13)17-19-14-6-8-21(11-15(14)20-17)18(23)16(22)7-9-25-2/h3-5,10,16,22H,6-9,11H2,1-2H3,(H,19,20)/t16-/m1/s1. The summed E-state index contributed by atoms with van der Waals surface area (Å²) in [7, 11) is 1.64. The fraction of sp³-hybridized carbons (Fsp3) is 0.444. The molecule has 25 heavy (non-hydrogen) atoms. The van der Waals surface area contributed by atoms with Gasteiger partial charge in [0.2, 0.25) is 0 Å². The van der Waals surface area contributed by atoms with E-state index < -0.39 is 6.10 Å². The summed E-state index contributed by atoms with van der Waals surface area (Å²) in [4.78, 5) is 22.1. The van der Waals surface area contributed by atoms with Crippen molar-refractivity contribution in [3.8, 4) is 17.1 Å². The van der Waals surface area contributed by atoms with Crippen LogP contribution in [0, 0.1) is 0 Å². The zero-order valence-electron chi connectivity index (χ0n) is 14.5. The second-order valence-electron chi connectivity index (χ2n) is 6.05. The Hall–Kier alpha value is -1.99. The molecule has 3 rings (SSSR count). The van der Waals surface area contributed by atoms with Gasteiger partial charge in [-0.3, -0.25) is 4.79 Å². The summed E-state index contributed by atoms with van der Waals surface area (Å²) < 4.78 is 5.26. The van der Waals surface area contributed by atoms with Gasteiger partial charge in [-0.05, 0) is 30.6 Å². The molecule has 1 aliphatic heterocycles. The van der Waals surface area contributed by atoms with Crippen LogP contribution in [-0.4, -0.2) is 57.6 Å². The molecule has 0 radical (unpaired) electrons. The predicted molar refractivity (Wildman–Crippen MR) is 98.7 cm³/mol. The number of rotatable bonds is 6. The highest BCUT2D eigenvalue weighted by Crippen LogP contribution is 2.25. The maximum atomic E-state index is 12.4. The van der Waals surface area contributed by atoms with Gasteiger partial charge in [0.05, 0.1) is 25.0 Å². The number of aromatic nitrogens is 2. The lowest BCUT2D eigenvalue weighted by Gasteiger charge is -2.28. The first-order valence-electron chi connectivity index (χ1n) is 8.30. The number of hydrogen-bond donors (Lipinski definition) is 2. The number of benzene rings is 1. The number of nitrogens with zero attached hydrogens (tertiary/aromatic N) is 2. The van der Waals surface area contributed by atoms with E-state index in [1.807, 2.05) is 30.5 Å². The minimum Gasteiger partial charge on any atom is -0.497 e. The highest BCUT2D eigenvalue weighted by Gasteiger charge is 2.27. The van der Waals surface area contributed by atoms with Crippen LogP contribution in [0.4, 0.5) is 0 Å².